The SMILES string of the molecule is Cc1[nH]nc(C(=O)N(CCO)CCO)c1N. The Morgan fingerprint density at radius 1 is 1.44 bits per heavy atom. The number of carbonyl (C=O) groups is 1. The van der Waals surface area contributed by atoms with Gasteiger partial charge in [-0.1, -0.05) is 0 Å². The van der Waals surface area contributed by atoms with Gasteiger partial charge in [-0.05, 0) is 6.92 Å². The first kappa shape index (κ1) is 12.5. The van der Waals surface area contributed by atoms with Crippen LogP contribution in [0.15, 0.2) is 0 Å². The summed E-state index contributed by atoms with van der Waals surface area (Å²) < 4.78 is 0. The van der Waals surface area contributed by atoms with Crippen LogP contribution < -0.4 is 5.73 Å². The van der Waals surface area contributed by atoms with Crippen molar-refractivity contribution in [3.8, 4) is 0 Å². The second-order valence-corrected chi connectivity index (χ2v) is 3.35. The lowest BCUT2D eigenvalue weighted by atomic mass is 10.2. The quantitative estimate of drug-likeness (QED) is 0.501. The third-order valence-electron chi connectivity index (χ3n) is 2.22. The molecule has 5 N–H and O–H groups in total. The van der Waals surface area contributed by atoms with Gasteiger partial charge in [0.1, 0.15) is 0 Å². The van der Waals surface area contributed by atoms with Gasteiger partial charge in [0.2, 0.25) is 0 Å². The number of aliphatic hydroxyl groups is 2. The van der Waals surface area contributed by atoms with Crippen molar-refractivity contribution in [1.82, 2.24) is 15.1 Å². The van der Waals surface area contributed by atoms with Crippen molar-refractivity contribution in [2.75, 3.05) is 32.0 Å². The van der Waals surface area contributed by atoms with Crippen LogP contribution in [0.2, 0.25) is 0 Å². The van der Waals surface area contributed by atoms with Crippen molar-refractivity contribution in [1.29, 1.82) is 0 Å². The van der Waals surface area contributed by atoms with E-state index < -0.39 is 5.91 Å². The second-order valence-electron chi connectivity index (χ2n) is 3.35. The minimum atomic E-state index is -0.398. The molecular formula is C9H16N4O3. The zero-order chi connectivity index (χ0) is 12.1. The molecule has 0 aliphatic heterocycles. The summed E-state index contributed by atoms with van der Waals surface area (Å²) >= 11 is 0. The third kappa shape index (κ3) is 2.50. The highest BCUT2D eigenvalue weighted by Crippen LogP contribution is 2.14. The van der Waals surface area contributed by atoms with Gasteiger partial charge in [0.05, 0.1) is 24.6 Å². The molecule has 0 bridgehead atoms. The number of aromatic amines is 1. The highest BCUT2D eigenvalue weighted by molar-refractivity contribution is 5.97. The number of aryl methyl sites for hydroxylation is 1. The summed E-state index contributed by atoms with van der Waals surface area (Å²) in [5.74, 6) is -0.398. The summed E-state index contributed by atoms with van der Waals surface area (Å²) in [5.41, 5.74) is 6.71. The Morgan fingerprint density at radius 2 is 2.00 bits per heavy atom. The van der Waals surface area contributed by atoms with Crippen molar-refractivity contribution in [2.24, 2.45) is 0 Å². The fraction of sp³-hybridized carbons (Fsp3) is 0.556. The van der Waals surface area contributed by atoms with Crippen LogP contribution in [0, 0.1) is 6.92 Å². The van der Waals surface area contributed by atoms with E-state index in [-0.39, 0.29) is 32.0 Å². The van der Waals surface area contributed by atoms with Crippen molar-refractivity contribution in [3.05, 3.63) is 11.4 Å². The number of amides is 1. The van der Waals surface area contributed by atoms with Gasteiger partial charge in [-0.3, -0.25) is 9.89 Å². The number of rotatable bonds is 5. The van der Waals surface area contributed by atoms with E-state index in [1.54, 1.807) is 6.92 Å². The molecule has 7 heteroatoms. The Kier molecular flexibility index (Phi) is 4.27. The molecule has 16 heavy (non-hydrogen) atoms. The van der Waals surface area contributed by atoms with Gasteiger partial charge in [-0.2, -0.15) is 5.10 Å². The molecular weight excluding hydrogens is 212 g/mol. The fourth-order valence-electron chi connectivity index (χ4n) is 1.31. The first-order valence-corrected chi connectivity index (χ1v) is 4.93. The van der Waals surface area contributed by atoms with Crippen LogP contribution in [0.5, 0.6) is 0 Å². The molecule has 0 fully saturated rings. The second kappa shape index (κ2) is 5.47. The molecule has 1 aromatic rings. The van der Waals surface area contributed by atoms with Crippen molar-refractivity contribution in [3.63, 3.8) is 0 Å². The van der Waals surface area contributed by atoms with Crippen molar-refractivity contribution >= 4 is 11.6 Å². The lowest BCUT2D eigenvalue weighted by Crippen LogP contribution is -2.36. The van der Waals surface area contributed by atoms with Gasteiger partial charge in [0.15, 0.2) is 5.69 Å². The highest BCUT2D eigenvalue weighted by Gasteiger charge is 2.21. The van der Waals surface area contributed by atoms with E-state index in [0.29, 0.717) is 11.4 Å². The summed E-state index contributed by atoms with van der Waals surface area (Å²) in [4.78, 5) is 13.2. The number of nitrogens with two attached hydrogens (primary N) is 1. The maximum Gasteiger partial charge on any atom is 0.276 e. The molecule has 0 spiro atoms. The zero-order valence-corrected chi connectivity index (χ0v) is 9.10. The molecule has 90 valence electrons. The Labute approximate surface area is 92.9 Å². The fourth-order valence-corrected chi connectivity index (χ4v) is 1.31. The van der Waals surface area contributed by atoms with Crippen LogP contribution in [0.1, 0.15) is 16.2 Å². The van der Waals surface area contributed by atoms with E-state index in [2.05, 4.69) is 10.2 Å². The van der Waals surface area contributed by atoms with Crippen molar-refractivity contribution in [2.45, 2.75) is 6.92 Å². The number of aliphatic hydroxyl groups excluding tert-OH is 2. The molecule has 0 saturated carbocycles. The topological polar surface area (TPSA) is 115 Å². The van der Waals surface area contributed by atoms with E-state index in [0.717, 1.165) is 0 Å². The minimum absolute atomic E-state index is 0.124. The zero-order valence-electron chi connectivity index (χ0n) is 9.10. The number of nitrogen functional groups attached to an aromatic ring is 1. The van der Waals surface area contributed by atoms with E-state index in [1.165, 1.54) is 4.90 Å². The predicted molar refractivity (Wildman–Crippen MR) is 57.8 cm³/mol. The first-order valence-electron chi connectivity index (χ1n) is 4.93. The number of hydrogen-bond acceptors (Lipinski definition) is 5. The Bertz CT molecular complexity index is 358. The molecule has 0 atom stereocenters. The maximum atomic E-state index is 11.9. The molecule has 0 aliphatic carbocycles. The van der Waals surface area contributed by atoms with E-state index in [1.807, 2.05) is 0 Å². The van der Waals surface area contributed by atoms with Crippen LogP contribution in [0.25, 0.3) is 0 Å². The summed E-state index contributed by atoms with van der Waals surface area (Å²) in [5, 5.41) is 24.0. The molecule has 0 unspecified atom stereocenters. The predicted octanol–water partition coefficient (Wildman–Crippen LogP) is -1.27. The van der Waals surface area contributed by atoms with Gasteiger partial charge in [-0.25, -0.2) is 0 Å². The summed E-state index contributed by atoms with van der Waals surface area (Å²) in [7, 11) is 0. The molecule has 0 aromatic carbocycles. The summed E-state index contributed by atoms with van der Waals surface area (Å²) in [6.07, 6.45) is 0. The minimum Gasteiger partial charge on any atom is -0.395 e. The Hall–Kier alpha value is -1.60. The number of H-pyrrole nitrogens is 1. The lowest BCUT2D eigenvalue weighted by molar-refractivity contribution is 0.0680. The summed E-state index contributed by atoms with van der Waals surface area (Å²) in [6.45, 7) is 1.65. The Morgan fingerprint density at radius 3 is 2.38 bits per heavy atom. The number of nitrogens with zero attached hydrogens (tertiary/aromatic N) is 2. The van der Waals surface area contributed by atoms with Gasteiger partial charge in [0.25, 0.3) is 5.91 Å². The van der Waals surface area contributed by atoms with Crippen LogP contribution >= 0.6 is 0 Å². The average Bonchev–Trinajstić information content (AvgIpc) is 2.59. The largest absolute Gasteiger partial charge is 0.395 e. The number of hydrogen-bond donors (Lipinski definition) is 4. The molecule has 0 saturated heterocycles. The number of nitrogens with one attached hydrogen (secondary N) is 1. The van der Waals surface area contributed by atoms with Gasteiger partial charge in [-0.15, -0.1) is 0 Å². The molecule has 0 aliphatic rings. The number of anilines is 1. The average molecular weight is 228 g/mol. The standard InChI is InChI=1S/C9H16N4O3/c1-6-7(10)8(12-11-6)9(16)13(2-4-14)3-5-15/h14-15H,2-5,10H2,1H3,(H,11,12). The van der Waals surface area contributed by atoms with Crippen LogP contribution in [-0.4, -0.2) is 57.5 Å². The third-order valence-corrected chi connectivity index (χ3v) is 2.22. The van der Waals surface area contributed by atoms with Crippen LogP contribution in [0.4, 0.5) is 5.69 Å². The van der Waals surface area contributed by atoms with Crippen LogP contribution in [-0.2, 0) is 0 Å². The smallest absolute Gasteiger partial charge is 0.276 e. The van der Waals surface area contributed by atoms with Crippen LogP contribution in [0.3, 0.4) is 0 Å². The van der Waals surface area contributed by atoms with Gasteiger partial charge in [0, 0.05) is 13.1 Å². The lowest BCUT2D eigenvalue weighted by Gasteiger charge is -2.19. The molecule has 0 radical (unpaired) electrons. The summed E-state index contributed by atoms with van der Waals surface area (Å²) in [6, 6.07) is 0. The maximum absolute atomic E-state index is 11.9. The molecule has 1 heterocycles. The Balaban J connectivity index is 2.85. The van der Waals surface area contributed by atoms with E-state index >= 15 is 0 Å². The number of carbonyl (C=O) groups excluding carboxylic acids is 1. The first-order chi connectivity index (χ1) is 7.61. The molecule has 1 amide bonds. The van der Waals surface area contributed by atoms with Gasteiger partial charge >= 0.3 is 0 Å². The van der Waals surface area contributed by atoms with Gasteiger partial charge < -0.3 is 20.8 Å². The normalized spacial score (nSPS) is 10.4. The highest BCUT2D eigenvalue weighted by atomic mass is 16.3. The van der Waals surface area contributed by atoms with Crippen molar-refractivity contribution < 1.29 is 15.0 Å². The van der Waals surface area contributed by atoms with E-state index in [4.69, 9.17) is 15.9 Å². The molecule has 1 aromatic heterocycles. The molecule has 7 nitrogen and oxygen atoms in total. The van der Waals surface area contributed by atoms with E-state index in [9.17, 15) is 4.79 Å². The molecule has 1 rings (SSSR count). The monoisotopic (exact) mass is 228 g/mol. The number of aromatic nitrogens is 2.